The molecule has 0 fully saturated rings. The average molecular weight is 505 g/mol. The number of benzene rings is 3. The van der Waals surface area contributed by atoms with Gasteiger partial charge in [0, 0.05) is 0 Å². The lowest BCUT2D eigenvalue weighted by atomic mass is 10.1. The molecule has 4 heteroatoms. The van der Waals surface area contributed by atoms with E-state index in [0.717, 1.165) is 41.7 Å². The number of ether oxygens (including phenoxy) is 3. The number of fused-ring (bicyclic) bond motifs is 1. The molecule has 0 aliphatic heterocycles. The highest BCUT2D eigenvalue weighted by molar-refractivity contribution is 5.96. The zero-order chi connectivity index (χ0) is 26.1. The molecular weight excluding hydrogens is 460 g/mol. The smallest absolute Gasteiger partial charge is 0.343 e. The molecule has 0 aliphatic carbocycles. The molecule has 0 amide bonds. The van der Waals surface area contributed by atoms with Gasteiger partial charge in [-0.15, -0.1) is 0 Å². The lowest BCUT2D eigenvalue weighted by Gasteiger charge is -2.09. The van der Waals surface area contributed by atoms with Gasteiger partial charge in [-0.2, -0.15) is 0 Å². The molecule has 0 saturated heterocycles. The van der Waals surface area contributed by atoms with E-state index >= 15 is 0 Å². The third kappa shape index (κ3) is 10.5. The lowest BCUT2D eigenvalue weighted by Crippen LogP contribution is -2.08. The number of hydrogen-bond donors (Lipinski definition) is 0. The Hall–Kier alpha value is -3.01. The second kappa shape index (κ2) is 16.7. The summed E-state index contributed by atoms with van der Waals surface area (Å²) in [4.78, 5) is 12.7. The van der Waals surface area contributed by atoms with E-state index in [1.54, 1.807) is 18.2 Å². The van der Waals surface area contributed by atoms with Crippen LogP contribution in [0.5, 0.6) is 17.2 Å². The van der Waals surface area contributed by atoms with Crippen LogP contribution in [-0.2, 0) is 0 Å². The van der Waals surface area contributed by atoms with Gasteiger partial charge in [0.2, 0.25) is 0 Å². The van der Waals surface area contributed by atoms with E-state index in [9.17, 15) is 4.79 Å². The maximum atomic E-state index is 12.7. The summed E-state index contributed by atoms with van der Waals surface area (Å²) in [5.74, 6) is 1.81. The van der Waals surface area contributed by atoms with Gasteiger partial charge in [-0.1, -0.05) is 90.2 Å². The molecule has 0 aromatic heterocycles. The van der Waals surface area contributed by atoms with Crippen LogP contribution in [0, 0.1) is 0 Å². The van der Waals surface area contributed by atoms with Crippen molar-refractivity contribution in [3.8, 4) is 17.2 Å². The van der Waals surface area contributed by atoms with Crippen LogP contribution < -0.4 is 14.2 Å². The van der Waals surface area contributed by atoms with Crippen LogP contribution in [0.25, 0.3) is 10.8 Å². The topological polar surface area (TPSA) is 44.8 Å². The Morgan fingerprint density at radius 2 is 1.03 bits per heavy atom. The van der Waals surface area contributed by atoms with E-state index in [-0.39, 0.29) is 5.97 Å². The molecule has 3 rings (SSSR count). The molecule has 3 aromatic carbocycles. The van der Waals surface area contributed by atoms with E-state index in [4.69, 9.17) is 14.2 Å². The number of hydrogen-bond acceptors (Lipinski definition) is 4. The number of carbonyl (C=O) groups is 1. The predicted molar refractivity (Wildman–Crippen MR) is 153 cm³/mol. The average Bonchev–Trinajstić information content (AvgIpc) is 2.92. The molecule has 3 aromatic rings. The van der Waals surface area contributed by atoms with Gasteiger partial charge in [0.15, 0.2) is 0 Å². The summed E-state index contributed by atoms with van der Waals surface area (Å²) in [5, 5.41) is 2.03. The van der Waals surface area contributed by atoms with Crippen LogP contribution in [0.15, 0.2) is 60.7 Å². The lowest BCUT2D eigenvalue weighted by molar-refractivity contribution is 0.0734. The van der Waals surface area contributed by atoms with E-state index in [1.165, 1.54) is 64.2 Å². The minimum absolute atomic E-state index is 0.369. The Morgan fingerprint density at radius 1 is 0.541 bits per heavy atom. The molecule has 0 heterocycles. The third-order valence-electron chi connectivity index (χ3n) is 6.61. The van der Waals surface area contributed by atoms with Crippen LogP contribution in [0.1, 0.15) is 101 Å². The van der Waals surface area contributed by atoms with E-state index in [2.05, 4.69) is 13.8 Å². The van der Waals surface area contributed by atoms with E-state index in [0.29, 0.717) is 17.9 Å². The highest BCUT2D eigenvalue weighted by Gasteiger charge is 2.10. The second-order valence-electron chi connectivity index (χ2n) is 9.82. The summed E-state index contributed by atoms with van der Waals surface area (Å²) < 4.78 is 17.3. The highest BCUT2D eigenvalue weighted by Crippen LogP contribution is 2.24. The fourth-order valence-electron chi connectivity index (χ4n) is 4.36. The van der Waals surface area contributed by atoms with Crippen molar-refractivity contribution in [1.29, 1.82) is 0 Å². The van der Waals surface area contributed by atoms with Crippen molar-refractivity contribution in [2.75, 3.05) is 13.2 Å². The van der Waals surface area contributed by atoms with Gasteiger partial charge in [-0.25, -0.2) is 4.79 Å². The van der Waals surface area contributed by atoms with Gasteiger partial charge in [0.1, 0.15) is 17.2 Å². The summed E-state index contributed by atoms with van der Waals surface area (Å²) in [5.41, 5.74) is 0.525. The van der Waals surface area contributed by atoms with Gasteiger partial charge < -0.3 is 14.2 Å². The standard InChI is InChI=1S/C33H44O4/c1-3-5-7-9-11-13-23-35-30-19-21-31(22-20-30)37-33(34)29-16-15-28-26-32(18-17-27(28)25-29)36-24-14-12-10-8-6-4-2/h15-22,25-26H,3-14,23-24H2,1-2H3. The Morgan fingerprint density at radius 3 is 1.68 bits per heavy atom. The summed E-state index contributed by atoms with van der Waals surface area (Å²) in [6.45, 7) is 5.93. The maximum Gasteiger partial charge on any atom is 0.343 e. The minimum Gasteiger partial charge on any atom is -0.494 e. The van der Waals surface area contributed by atoms with E-state index < -0.39 is 0 Å². The third-order valence-corrected chi connectivity index (χ3v) is 6.61. The van der Waals surface area contributed by atoms with Crippen LogP contribution in [0.4, 0.5) is 0 Å². The zero-order valence-electron chi connectivity index (χ0n) is 22.8. The van der Waals surface area contributed by atoms with Crippen molar-refractivity contribution in [3.05, 3.63) is 66.2 Å². The van der Waals surface area contributed by atoms with Crippen molar-refractivity contribution < 1.29 is 19.0 Å². The van der Waals surface area contributed by atoms with Crippen molar-refractivity contribution >= 4 is 16.7 Å². The fourth-order valence-corrected chi connectivity index (χ4v) is 4.36. The van der Waals surface area contributed by atoms with Gasteiger partial charge in [0.25, 0.3) is 0 Å². The number of unbranched alkanes of at least 4 members (excludes halogenated alkanes) is 10. The number of rotatable bonds is 18. The quantitative estimate of drug-likeness (QED) is 0.0982. The Balaban J connectivity index is 1.43. The van der Waals surface area contributed by atoms with Crippen LogP contribution in [0.2, 0.25) is 0 Å². The molecule has 0 unspecified atom stereocenters. The summed E-state index contributed by atoms with van der Waals surface area (Å²) in [7, 11) is 0. The zero-order valence-corrected chi connectivity index (χ0v) is 22.8. The number of esters is 1. The molecule has 0 aliphatic rings. The molecule has 0 N–H and O–H groups in total. The molecule has 200 valence electrons. The molecule has 4 nitrogen and oxygen atoms in total. The molecule has 37 heavy (non-hydrogen) atoms. The van der Waals surface area contributed by atoms with Gasteiger partial charge in [-0.3, -0.25) is 0 Å². The fraction of sp³-hybridized carbons (Fsp3) is 0.485. The normalized spacial score (nSPS) is 11.0. The molecule has 0 spiro atoms. The SMILES string of the molecule is CCCCCCCCOc1ccc(OC(=O)c2ccc3cc(OCCCCCCCC)ccc3c2)cc1. The minimum atomic E-state index is -0.369. The van der Waals surface area contributed by atoms with Gasteiger partial charge in [-0.05, 0) is 72.1 Å². The first kappa shape index (κ1) is 28.6. The molecule has 0 atom stereocenters. The molecule has 0 bridgehead atoms. The van der Waals surface area contributed by atoms with Gasteiger partial charge in [0.05, 0.1) is 18.8 Å². The molecule has 0 radical (unpaired) electrons. The van der Waals surface area contributed by atoms with E-state index in [1.807, 2.05) is 42.5 Å². The highest BCUT2D eigenvalue weighted by atomic mass is 16.5. The summed E-state index contributed by atoms with van der Waals surface area (Å²) in [6.07, 6.45) is 14.9. The first-order valence-corrected chi connectivity index (χ1v) is 14.3. The Bertz CT molecular complexity index is 1060. The second-order valence-corrected chi connectivity index (χ2v) is 9.82. The summed E-state index contributed by atoms with van der Waals surface area (Å²) in [6, 6.07) is 18.9. The van der Waals surface area contributed by atoms with Crippen molar-refractivity contribution in [2.24, 2.45) is 0 Å². The number of carbonyl (C=O) groups excluding carboxylic acids is 1. The molecule has 0 saturated carbocycles. The van der Waals surface area contributed by atoms with Crippen LogP contribution >= 0.6 is 0 Å². The monoisotopic (exact) mass is 504 g/mol. The van der Waals surface area contributed by atoms with Crippen LogP contribution in [-0.4, -0.2) is 19.2 Å². The Kier molecular flexibility index (Phi) is 12.9. The summed E-state index contributed by atoms with van der Waals surface area (Å²) >= 11 is 0. The van der Waals surface area contributed by atoms with Gasteiger partial charge >= 0.3 is 5.97 Å². The maximum absolute atomic E-state index is 12.7. The first-order valence-electron chi connectivity index (χ1n) is 14.3. The largest absolute Gasteiger partial charge is 0.494 e. The van der Waals surface area contributed by atoms with Crippen molar-refractivity contribution in [2.45, 2.75) is 90.9 Å². The van der Waals surface area contributed by atoms with Crippen LogP contribution in [0.3, 0.4) is 0 Å². The first-order chi connectivity index (χ1) is 18.2. The Labute approximate surface area is 223 Å². The van der Waals surface area contributed by atoms with Crippen molar-refractivity contribution in [1.82, 2.24) is 0 Å². The predicted octanol–water partition coefficient (Wildman–Crippen LogP) is 9.54. The van der Waals surface area contributed by atoms with Crippen molar-refractivity contribution in [3.63, 3.8) is 0 Å². The molecular formula is C33H44O4.